The van der Waals surface area contributed by atoms with Crippen LogP contribution in [0.3, 0.4) is 0 Å². The fraction of sp³-hybridized carbons (Fsp3) is 0.429. The monoisotopic (exact) mass is 343 g/mol. The van der Waals surface area contributed by atoms with Gasteiger partial charge < -0.3 is 15.5 Å². The predicted octanol–water partition coefficient (Wildman–Crippen LogP) is 2.92. The highest BCUT2D eigenvalue weighted by atomic mass is 79.9. The van der Waals surface area contributed by atoms with Gasteiger partial charge in [-0.1, -0.05) is 28.8 Å². The molecule has 1 rings (SSSR count). The first-order valence-electron chi connectivity index (χ1n) is 6.49. The van der Waals surface area contributed by atoms with E-state index in [1.807, 2.05) is 0 Å². The van der Waals surface area contributed by atoms with E-state index in [1.165, 1.54) is 6.07 Å². The molecule has 0 aliphatic carbocycles. The van der Waals surface area contributed by atoms with E-state index in [9.17, 15) is 14.7 Å². The van der Waals surface area contributed by atoms with Crippen molar-refractivity contribution in [3.63, 3.8) is 0 Å². The maximum atomic E-state index is 11.8. The van der Waals surface area contributed by atoms with E-state index in [-0.39, 0.29) is 23.6 Å². The summed E-state index contributed by atoms with van der Waals surface area (Å²) in [6.45, 7) is 0.515. The molecule has 110 valence electrons. The van der Waals surface area contributed by atoms with E-state index in [0.717, 1.165) is 19.3 Å². The van der Waals surface area contributed by atoms with Gasteiger partial charge in [-0.2, -0.15) is 0 Å². The number of rotatable bonds is 8. The van der Waals surface area contributed by atoms with E-state index in [1.54, 1.807) is 12.1 Å². The zero-order valence-corrected chi connectivity index (χ0v) is 12.6. The molecule has 0 aliphatic rings. The van der Waals surface area contributed by atoms with Crippen molar-refractivity contribution in [1.29, 1.82) is 0 Å². The Kier molecular flexibility index (Phi) is 7.08. The first-order chi connectivity index (χ1) is 9.50. The quantitative estimate of drug-likeness (QED) is 0.633. The van der Waals surface area contributed by atoms with E-state index < -0.39 is 5.97 Å². The van der Waals surface area contributed by atoms with Gasteiger partial charge in [0.25, 0.3) is 5.91 Å². The van der Waals surface area contributed by atoms with Crippen molar-refractivity contribution in [2.24, 2.45) is 0 Å². The topological polar surface area (TPSA) is 86.6 Å². The third-order valence-corrected chi connectivity index (χ3v) is 3.30. The average Bonchev–Trinajstić information content (AvgIpc) is 2.37. The van der Waals surface area contributed by atoms with Crippen LogP contribution in [0.25, 0.3) is 0 Å². The van der Waals surface area contributed by atoms with Crippen LogP contribution >= 0.6 is 15.9 Å². The lowest BCUT2D eigenvalue weighted by molar-refractivity contribution is -0.137. The summed E-state index contributed by atoms with van der Waals surface area (Å²) in [6, 6.07) is 4.73. The molecule has 0 heterocycles. The first-order valence-corrected chi connectivity index (χ1v) is 7.28. The van der Waals surface area contributed by atoms with Crippen LogP contribution in [0.4, 0.5) is 0 Å². The summed E-state index contributed by atoms with van der Waals surface area (Å²) in [4.78, 5) is 22.1. The molecule has 1 amide bonds. The van der Waals surface area contributed by atoms with Crippen LogP contribution in [-0.2, 0) is 4.79 Å². The Morgan fingerprint density at radius 2 is 1.85 bits per heavy atom. The molecule has 0 aliphatic heterocycles. The largest absolute Gasteiger partial charge is 0.507 e. The molecule has 20 heavy (non-hydrogen) atoms. The van der Waals surface area contributed by atoms with Crippen LogP contribution in [0.2, 0.25) is 0 Å². The van der Waals surface area contributed by atoms with Gasteiger partial charge in [-0.3, -0.25) is 9.59 Å². The molecule has 0 spiro atoms. The minimum atomic E-state index is -0.774. The molecule has 3 N–H and O–H groups in total. The number of phenolic OH excluding ortho intramolecular Hbond substituents is 1. The molecule has 0 unspecified atom stereocenters. The molecule has 0 radical (unpaired) electrons. The Morgan fingerprint density at radius 1 is 1.15 bits per heavy atom. The Bertz CT molecular complexity index is 476. The summed E-state index contributed by atoms with van der Waals surface area (Å²) in [5, 5.41) is 20.8. The number of nitrogens with one attached hydrogen (secondary N) is 1. The maximum absolute atomic E-state index is 11.8. The molecule has 0 saturated carbocycles. The molecule has 6 heteroatoms. The van der Waals surface area contributed by atoms with Gasteiger partial charge in [0, 0.05) is 17.4 Å². The highest BCUT2D eigenvalue weighted by molar-refractivity contribution is 9.10. The molecular formula is C14H18BrNO4. The number of unbranched alkanes of at least 4 members (excludes halogenated alkanes) is 3. The van der Waals surface area contributed by atoms with Crippen molar-refractivity contribution < 1.29 is 19.8 Å². The third kappa shape index (κ3) is 6.06. The zero-order chi connectivity index (χ0) is 15.0. The molecule has 0 bridgehead atoms. The summed E-state index contributed by atoms with van der Waals surface area (Å²) < 4.78 is 0.713. The number of carboxylic acids is 1. The van der Waals surface area contributed by atoms with Gasteiger partial charge in [-0.25, -0.2) is 0 Å². The van der Waals surface area contributed by atoms with E-state index >= 15 is 0 Å². The van der Waals surface area contributed by atoms with E-state index in [4.69, 9.17) is 5.11 Å². The van der Waals surface area contributed by atoms with Gasteiger partial charge in [0.05, 0.1) is 5.56 Å². The Balaban J connectivity index is 2.22. The summed E-state index contributed by atoms with van der Waals surface area (Å²) in [7, 11) is 0. The van der Waals surface area contributed by atoms with Gasteiger partial charge in [-0.05, 0) is 31.0 Å². The highest BCUT2D eigenvalue weighted by Gasteiger charge is 2.10. The number of carbonyl (C=O) groups is 2. The number of halogens is 1. The number of carboxylic acid groups (broad SMARTS) is 1. The van der Waals surface area contributed by atoms with Crippen molar-refractivity contribution in [2.75, 3.05) is 6.54 Å². The number of aliphatic carboxylic acids is 1. The van der Waals surface area contributed by atoms with Gasteiger partial charge in [-0.15, -0.1) is 0 Å². The standard InChI is InChI=1S/C14H18BrNO4/c15-10-6-7-11(12(17)9-10)14(20)16-8-4-2-1-3-5-13(18)19/h6-7,9,17H,1-5,8H2,(H,16,20)(H,18,19). The van der Waals surface area contributed by atoms with Crippen LogP contribution in [-0.4, -0.2) is 28.6 Å². The summed E-state index contributed by atoms with van der Waals surface area (Å²) in [5.41, 5.74) is 0.249. The lowest BCUT2D eigenvalue weighted by Gasteiger charge is -2.07. The van der Waals surface area contributed by atoms with Crippen LogP contribution in [0.5, 0.6) is 5.75 Å². The molecule has 1 aromatic carbocycles. The number of hydrogen-bond donors (Lipinski definition) is 3. The fourth-order valence-electron chi connectivity index (χ4n) is 1.75. The minimum Gasteiger partial charge on any atom is -0.507 e. The van der Waals surface area contributed by atoms with Crippen molar-refractivity contribution >= 4 is 27.8 Å². The lowest BCUT2D eigenvalue weighted by Crippen LogP contribution is -2.24. The van der Waals surface area contributed by atoms with Crippen LogP contribution < -0.4 is 5.32 Å². The summed E-state index contributed by atoms with van der Waals surface area (Å²) in [6.07, 6.45) is 3.37. The van der Waals surface area contributed by atoms with Crippen molar-refractivity contribution in [2.45, 2.75) is 32.1 Å². The van der Waals surface area contributed by atoms with Gasteiger partial charge in [0.2, 0.25) is 0 Å². The Hall–Kier alpha value is -1.56. The Labute approximate surface area is 126 Å². The van der Waals surface area contributed by atoms with Crippen molar-refractivity contribution in [3.05, 3.63) is 28.2 Å². The smallest absolute Gasteiger partial charge is 0.303 e. The van der Waals surface area contributed by atoms with E-state index in [2.05, 4.69) is 21.2 Å². The van der Waals surface area contributed by atoms with Gasteiger partial charge >= 0.3 is 5.97 Å². The van der Waals surface area contributed by atoms with E-state index in [0.29, 0.717) is 17.4 Å². The number of phenols is 1. The number of benzene rings is 1. The summed E-state index contributed by atoms with van der Waals surface area (Å²) >= 11 is 3.21. The number of hydrogen-bond acceptors (Lipinski definition) is 3. The second-order valence-electron chi connectivity index (χ2n) is 4.48. The molecule has 0 saturated heterocycles. The van der Waals surface area contributed by atoms with Crippen LogP contribution in [0, 0.1) is 0 Å². The Morgan fingerprint density at radius 3 is 2.50 bits per heavy atom. The minimum absolute atomic E-state index is 0.0571. The maximum Gasteiger partial charge on any atom is 0.303 e. The van der Waals surface area contributed by atoms with Crippen molar-refractivity contribution in [3.8, 4) is 5.75 Å². The second-order valence-corrected chi connectivity index (χ2v) is 5.39. The number of carbonyl (C=O) groups excluding carboxylic acids is 1. The normalized spacial score (nSPS) is 10.2. The van der Waals surface area contributed by atoms with Gasteiger partial charge in [0.1, 0.15) is 5.75 Å². The SMILES string of the molecule is O=C(O)CCCCCCNC(=O)c1ccc(Br)cc1O. The number of amides is 1. The fourth-order valence-corrected chi connectivity index (χ4v) is 2.10. The first kappa shape index (κ1) is 16.5. The molecule has 0 atom stereocenters. The average molecular weight is 344 g/mol. The van der Waals surface area contributed by atoms with Crippen LogP contribution in [0.1, 0.15) is 42.5 Å². The molecule has 0 fully saturated rings. The third-order valence-electron chi connectivity index (χ3n) is 2.81. The predicted molar refractivity (Wildman–Crippen MR) is 78.9 cm³/mol. The molecule has 0 aromatic heterocycles. The summed E-state index contributed by atoms with van der Waals surface area (Å²) in [5.74, 6) is -1.14. The number of aromatic hydroxyl groups is 1. The van der Waals surface area contributed by atoms with Crippen molar-refractivity contribution in [1.82, 2.24) is 5.32 Å². The lowest BCUT2D eigenvalue weighted by atomic mass is 10.1. The molecular weight excluding hydrogens is 326 g/mol. The zero-order valence-electron chi connectivity index (χ0n) is 11.1. The van der Waals surface area contributed by atoms with Crippen LogP contribution in [0.15, 0.2) is 22.7 Å². The van der Waals surface area contributed by atoms with Gasteiger partial charge in [0.15, 0.2) is 0 Å². The highest BCUT2D eigenvalue weighted by Crippen LogP contribution is 2.22. The second kappa shape index (κ2) is 8.58. The molecule has 5 nitrogen and oxygen atoms in total. The molecule has 1 aromatic rings.